The van der Waals surface area contributed by atoms with Crippen molar-refractivity contribution in [1.29, 1.82) is 5.41 Å². The summed E-state index contributed by atoms with van der Waals surface area (Å²) in [5.41, 5.74) is 0. The first-order chi connectivity index (χ1) is 5.26. The summed E-state index contributed by atoms with van der Waals surface area (Å²) >= 11 is 0. The molecule has 0 aliphatic carbocycles. The van der Waals surface area contributed by atoms with Crippen molar-refractivity contribution in [2.24, 2.45) is 0 Å². The van der Waals surface area contributed by atoms with Crippen LogP contribution in [0.4, 0.5) is 0 Å². The van der Waals surface area contributed by atoms with Crippen molar-refractivity contribution in [3.63, 3.8) is 0 Å². The summed E-state index contributed by atoms with van der Waals surface area (Å²) in [4.78, 5) is 1.78. The van der Waals surface area contributed by atoms with Crippen molar-refractivity contribution < 1.29 is 4.74 Å². The molecule has 0 aromatic carbocycles. The van der Waals surface area contributed by atoms with Gasteiger partial charge in [-0.1, -0.05) is 13.5 Å². The molecule has 0 fully saturated rings. The minimum Gasteiger partial charge on any atom is -0.383 e. The summed E-state index contributed by atoms with van der Waals surface area (Å²) < 4.78 is 4.88. The van der Waals surface area contributed by atoms with Gasteiger partial charge in [-0.25, -0.2) is 0 Å². The van der Waals surface area contributed by atoms with E-state index in [1.54, 1.807) is 18.2 Å². The molecule has 64 valence electrons. The third kappa shape index (κ3) is 3.78. The lowest BCUT2D eigenvalue weighted by atomic mass is 10.4. The molecule has 1 N–H and O–H groups in total. The zero-order chi connectivity index (χ0) is 8.69. The number of amidine groups is 1. The summed E-state index contributed by atoms with van der Waals surface area (Å²) in [5.74, 6) is 0.581. The van der Waals surface area contributed by atoms with Gasteiger partial charge in [0.25, 0.3) is 0 Å². The predicted octanol–water partition coefficient (Wildman–Crippen LogP) is 1.47. The molecule has 0 unspecified atom stereocenters. The minimum absolute atomic E-state index is 0.581. The molecule has 0 amide bonds. The molecule has 3 nitrogen and oxygen atoms in total. The Morgan fingerprint density at radius 3 is 2.73 bits per heavy atom. The van der Waals surface area contributed by atoms with E-state index < -0.39 is 0 Å². The lowest BCUT2D eigenvalue weighted by Crippen LogP contribution is -2.27. The molecule has 0 aromatic rings. The second kappa shape index (κ2) is 5.92. The molecule has 0 aliphatic heterocycles. The van der Waals surface area contributed by atoms with Crippen molar-refractivity contribution in [2.45, 2.75) is 13.3 Å². The SMILES string of the molecule is C=CN(CCOC)C(=N)CC. The van der Waals surface area contributed by atoms with Gasteiger partial charge in [-0.15, -0.1) is 0 Å². The highest BCUT2D eigenvalue weighted by Gasteiger charge is 2.01. The highest BCUT2D eigenvalue weighted by atomic mass is 16.5. The molecule has 0 saturated carbocycles. The summed E-state index contributed by atoms with van der Waals surface area (Å²) in [6.45, 7) is 6.91. The van der Waals surface area contributed by atoms with Gasteiger partial charge in [-0.3, -0.25) is 5.41 Å². The Balaban J connectivity index is 3.74. The van der Waals surface area contributed by atoms with E-state index in [0.717, 1.165) is 6.42 Å². The van der Waals surface area contributed by atoms with Crippen LogP contribution in [0.25, 0.3) is 0 Å². The van der Waals surface area contributed by atoms with Gasteiger partial charge in [0.1, 0.15) is 0 Å². The second-order valence-corrected chi connectivity index (χ2v) is 2.17. The van der Waals surface area contributed by atoms with Gasteiger partial charge < -0.3 is 9.64 Å². The first kappa shape index (κ1) is 10.2. The van der Waals surface area contributed by atoms with Gasteiger partial charge in [0.2, 0.25) is 0 Å². The van der Waals surface area contributed by atoms with Crippen LogP contribution in [0.1, 0.15) is 13.3 Å². The molecule has 0 aromatic heterocycles. The maximum absolute atomic E-state index is 7.47. The fourth-order valence-corrected chi connectivity index (χ4v) is 0.729. The summed E-state index contributed by atoms with van der Waals surface area (Å²) in [5, 5.41) is 7.47. The number of hydrogen-bond donors (Lipinski definition) is 1. The molecule has 0 aliphatic rings. The maximum Gasteiger partial charge on any atom is 0.0995 e. The van der Waals surface area contributed by atoms with E-state index in [0.29, 0.717) is 19.0 Å². The number of nitrogens with one attached hydrogen (secondary N) is 1. The molecule has 0 rings (SSSR count). The van der Waals surface area contributed by atoms with Crippen LogP contribution in [0.5, 0.6) is 0 Å². The van der Waals surface area contributed by atoms with Gasteiger partial charge >= 0.3 is 0 Å². The van der Waals surface area contributed by atoms with Crippen molar-refractivity contribution in [3.8, 4) is 0 Å². The standard InChI is InChI=1S/C8H16N2O/c1-4-8(9)10(5-2)6-7-11-3/h5,9H,2,4,6-7H2,1,3H3. The normalized spacial score (nSPS) is 9.27. The topological polar surface area (TPSA) is 36.3 Å². The Labute approximate surface area is 68.2 Å². The monoisotopic (exact) mass is 156 g/mol. The number of ether oxygens (including phenoxy) is 1. The van der Waals surface area contributed by atoms with Crippen molar-refractivity contribution in [1.82, 2.24) is 4.90 Å². The van der Waals surface area contributed by atoms with Crippen molar-refractivity contribution >= 4 is 5.84 Å². The number of rotatable bonds is 5. The molecule has 3 heteroatoms. The summed E-state index contributed by atoms with van der Waals surface area (Å²) in [6.07, 6.45) is 2.39. The number of hydrogen-bond acceptors (Lipinski definition) is 2. The fraction of sp³-hybridized carbons (Fsp3) is 0.625. The highest BCUT2D eigenvalue weighted by molar-refractivity contribution is 5.79. The van der Waals surface area contributed by atoms with Crippen LogP contribution in [0.2, 0.25) is 0 Å². The van der Waals surface area contributed by atoms with E-state index in [2.05, 4.69) is 6.58 Å². The van der Waals surface area contributed by atoms with E-state index in [1.165, 1.54) is 0 Å². The molecular weight excluding hydrogens is 140 g/mol. The summed E-state index contributed by atoms with van der Waals surface area (Å²) in [7, 11) is 1.65. The van der Waals surface area contributed by atoms with Crippen LogP contribution in [-0.2, 0) is 4.74 Å². The largest absolute Gasteiger partial charge is 0.383 e. The number of nitrogens with zero attached hydrogens (tertiary/aromatic N) is 1. The quantitative estimate of drug-likeness (QED) is 0.483. The van der Waals surface area contributed by atoms with Crippen LogP contribution in [0, 0.1) is 5.41 Å². The average Bonchev–Trinajstić information content (AvgIpc) is 2.05. The van der Waals surface area contributed by atoms with Gasteiger partial charge in [0, 0.05) is 20.1 Å². The van der Waals surface area contributed by atoms with E-state index in [1.807, 2.05) is 6.92 Å². The smallest absolute Gasteiger partial charge is 0.0995 e. The molecule has 0 atom stereocenters. The molecule has 0 saturated heterocycles. The average molecular weight is 156 g/mol. The first-order valence-corrected chi connectivity index (χ1v) is 3.71. The maximum atomic E-state index is 7.47. The van der Waals surface area contributed by atoms with Gasteiger partial charge in [0.05, 0.1) is 12.4 Å². The third-order valence-corrected chi connectivity index (χ3v) is 1.44. The molecule has 11 heavy (non-hydrogen) atoms. The zero-order valence-electron chi connectivity index (χ0n) is 7.26. The van der Waals surface area contributed by atoms with Crippen molar-refractivity contribution in [3.05, 3.63) is 12.8 Å². The van der Waals surface area contributed by atoms with Crippen molar-refractivity contribution in [2.75, 3.05) is 20.3 Å². The van der Waals surface area contributed by atoms with Gasteiger partial charge in [0.15, 0.2) is 0 Å². The lowest BCUT2D eigenvalue weighted by molar-refractivity contribution is 0.186. The molecule has 0 heterocycles. The third-order valence-electron chi connectivity index (χ3n) is 1.44. The molecule has 0 spiro atoms. The molecular formula is C8H16N2O. The Kier molecular flexibility index (Phi) is 5.47. The van der Waals surface area contributed by atoms with Gasteiger partial charge in [-0.05, 0) is 6.20 Å². The van der Waals surface area contributed by atoms with Crippen LogP contribution < -0.4 is 0 Å². The Hall–Kier alpha value is -0.830. The van der Waals surface area contributed by atoms with Gasteiger partial charge in [-0.2, -0.15) is 0 Å². The predicted molar refractivity (Wildman–Crippen MR) is 46.8 cm³/mol. The Morgan fingerprint density at radius 1 is 1.73 bits per heavy atom. The molecule has 0 radical (unpaired) electrons. The zero-order valence-corrected chi connectivity index (χ0v) is 7.26. The van der Waals surface area contributed by atoms with Crippen LogP contribution >= 0.6 is 0 Å². The van der Waals surface area contributed by atoms with E-state index in [4.69, 9.17) is 10.1 Å². The van der Waals surface area contributed by atoms with E-state index in [9.17, 15) is 0 Å². The summed E-state index contributed by atoms with van der Waals surface area (Å²) in [6, 6.07) is 0. The molecule has 0 bridgehead atoms. The lowest BCUT2D eigenvalue weighted by Gasteiger charge is -2.18. The second-order valence-electron chi connectivity index (χ2n) is 2.17. The van der Waals surface area contributed by atoms with E-state index in [-0.39, 0.29) is 0 Å². The van der Waals surface area contributed by atoms with Crippen LogP contribution in [0.3, 0.4) is 0 Å². The van der Waals surface area contributed by atoms with Crippen LogP contribution in [0.15, 0.2) is 12.8 Å². The fourth-order valence-electron chi connectivity index (χ4n) is 0.729. The Morgan fingerprint density at radius 2 is 2.36 bits per heavy atom. The minimum atomic E-state index is 0.581. The number of methoxy groups -OCH3 is 1. The van der Waals surface area contributed by atoms with E-state index >= 15 is 0 Å². The first-order valence-electron chi connectivity index (χ1n) is 3.71. The van der Waals surface area contributed by atoms with Crippen LogP contribution in [-0.4, -0.2) is 31.0 Å². The highest BCUT2D eigenvalue weighted by Crippen LogP contribution is 1.94. The Bertz CT molecular complexity index is 134.